The van der Waals surface area contributed by atoms with Crippen molar-refractivity contribution in [3.05, 3.63) is 71.6 Å². The molecule has 0 bridgehead atoms. The minimum Gasteiger partial charge on any atom is -0.507 e. The first-order chi connectivity index (χ1) is 12.4. The molecular formula is C19H16FNO5. The van der Waals surface area contributed by atoms with Crippen LogP contribution in [0.2, 0.25) is 0 Å². The number of benzene rings is 2. The fourth-order valence-corrected chi connectivity index (χ4v) is 1.99. The number of ketones is 1. The summed E-state index contributed by atoms with van der Waals surface area (Å²) in [5, 5.41) is 12.2. The van der Waals surface area contributed by atoms with Crippen LogP contribution >= 0.6 is 0 Å². The Morgan fingerprint density at radius 2 is 1.62 bits per heavy atom. The first-order valence-electron chi connectivity index (χ1n) is 7.69. The number of aliphatic hydroxyl groups excluding tert-OH is 1. The van der Waals surface area contributed by atoms with Gasteiger partial charge in [0.2, 0.25) is 5.78 Å². The molecule has 0 spiro atoms. The molecule has 0 aliphatic rings. The van der Waals surface area contributed by atoms with E-state index in [0.29, 0.717) is 11.3 Å². The van der Waals surface area contributed by atoms with Crippen molar-refractivity contribution in [2.75, 3.05) is 11.9 Å². The Hall–Kier alpha value is -3.48. The molecule has 0 aliphatic heterocycles. The van der Waals surface area contributed by atoms with E-state index < -0.39 is 29.2 Å². The highest BCUT2D eigenvalue weighted by Gasteiger charge is 2.14. The fourth-order valence-electron chi connectivity index (χ4n) is 1.99. The summed E-state index contributed by atoms with van der Waals surface area (Å²) in [6.45, 7) is 1.93. The maximum atomic E-state index is 12.8. The normalized spacial score (nSPS) is 10.9. The van der Waals surface area contributed by atoms with Crippen molar-refractivity contribution in [2.24, 2.45) is 0 Å². The maximum Gasteiger partial charge on any atom is 0.338 e. The van der Waals surface area contributed by atoms with Crippen molar-refractivity contribution in [1.29, 1.82) is 0 Å². The van der Waals surface area contributed by atoms with Crippen LogP contribution in [-0.4, -0.2) is 29.4 Å². The molecule has 2 rings (SSSR count). The monoisotopic (exact) mass is 357 g/mol. The predicted molar refractivity (Wildman–Crippen MR) is 93.0 cm³/mol. The van der Waals surface area contributed by atoms with Crippen LogP contribution in [0.1, 0.15) is 22.8 Å². The fraction of sp³-hybridized carbons (Fsp3) is 0.105. The number of hydrogen-bond donors (Lipinski definition) is 2. The largest absolute Gasteiger partial charge is 0.507 e. The average molecular weight is 357 g/mol. The number of carbonyl (C=O) groups is 3. The second-order valence-corrected chi connectivity index (χ2v) is 5.15. The number of anilines is 1. The van der Waals surface area contributed by atoms with Crippen LogP contribution in [0.3, 0.4) is 0 Å². The topological polar surface area (TPSA) is 92.7 Å². The van der Waals surface area contributed by atoms with Crippen molar-refractivity contribution in [1.82, 2.24) is 0 Å². The number of esters is 1. The second kappa shape index (κ2) is 8.57. The van der Waals surface area contributed by atoms with E-state index in [1.165, 1.54) is 36.4 Å². The molecule has 1 amide bonds. The lowest BCUT2D eigenvalue weighted by molar-refractivity contribution is -0.131. The van der Waals surface area contributed by atoms with Gasteiger partial charge in [0.25, 0.3) is 5.91 Å². The lowest BCUT2D eigenvalue weighted by Crippen LogP contribution is -2.21. The summed E-state index contributed by atoms with van der Waals surface area (Å²) in [4.78, 5) is 35.3. The lowest BCUT2D eigenvalue weighted by atomic mass is 10.1. The van der Waals surface area contributed by atoms with Crippen LogP contribution in [0.5, 0.6) is 0 Å². The van der Waals surface area contributed by atoms with E-state index in [0.717, 1.165) is 18.2 Å². The van der Waals surface area contributed by atoms with Crippen LogP contribution in [0.15, 0.2) is 54.6 Å². The molecule has 134 valence electrons. The molecule has 2 aromatic carbocycles. The quantitative estimate of drug-likeness (QED) is 0.359. The molecule has 0 atom stereocenters. The molecule has 6 nitrogen and oxygen atoms in total. The Balaban J connectivity index is 2.02. The average Bonchev–Trinajstić information content (AvgIpc) is 2.63. The molecule has 0 saturated heterocycles. The zero-order valence-corrected chi connectivity index (χ0v) is 13.9. The molecule has 0 aliphatic carbocycles. The van der Waals surface area contributed by atoms with E-state index in [2.05, 4.69) is 5.32 Å². The number of halogens is 1. The van der Waals surface area contributed by atoms with E-state index >= 15 is 0 Å². The highest BCUT2D eigenvalue weighted by Crippen LogP contribution is 2.13. The van der Waals surface area contributed by atoms with Gasteiger partial charge in [-0.1, -0.05) is 0 Å². The van der Waals surface area contributed by atoms with Gasteiger partial charge in [0.15, 0.2) is 0 Å². The third kappa shape index (κ3) is 5.01. The molecule has 26 heavy (non-hydrogen) atoms. The molecule has 2 aromatic rings. The Morgan fingerprint density at radius 1 is 1.04 bits per heavy atom. The minimum absolute atomic E-state index is 0.200. The van der Waals surface area contributed by atoms with Gasteiger partial charge in [-0.3, -0.25) is 9.59 Å². The van der Waals surface area contributed by atoms with Gasteiger partial charge in [-0.05, 0) is 55.5 Å². The van der Waals surface area contributed by atoms with Crippen LogP contribution in [0, 0.1) is 5.82 Å². The number of carbonyl (C=O) groups excluding carboxylic acids is 3. The highest BCUT2D eigenvalue weighted by molar-refractivity contribution is 6.45. The van der Waals surface area contributed by atoms with Crippen LogP contribution < -0.4 is 5.32 Å². The molecule has 0 saturated carbocycles. The first kappa shape index (κ1) is 18.9. The summed E-state index contributed by atoms with van der Waals surface area (Å²) >= 11 is 0. The Labute approximate surface area is 148 Å². The predicted octanol–water partition coefficient (Wildman–Crippen LogP) is 3.11. The molecule has 7 heteroatoms. The summed E-state index contributed by atoms with van der Waals surface area (Å²) in [6, 6.07) is 10.6. The van der Waals surface area contributed by atoms with E-state index in [9.17, 15) is 23.9 Å². The summed E-state index contributed by atoms with van der Waals surface area (Å²) in [5.41, 5.74) is 0.808. The van der Waals surface area contributed by atoms with Gasteiger partial charge in [-0.2, -0.15) is 0 Å². The summed E-state index contributed by atoms with van der Waals surface area (Å²) < 4.78 is 17.7. The number of ether oxygens (including phenoxy) is 1. The third-order valence-corrected chi connectivity index (χ3v) is 3.29. The number of aliphatic hydroxyl groups is 1. The third-order valence-electron chi connectivity index (χ3n) is 3.29. The van der Waals surface area contributed by atoms with Gasteiger partial charge in [-0.25, -0.2) is 9.18 Å². The van der Waals surface area contributed by atoms with Crippen molar-refractivity contribution in [3.8, 4) is 0 Å². The van der Waals surface area contributed by atoms with Crippen molar-refractivity contribution < 1.29 is 28.6 Å². The number of hydrogen-bond acceptors (Lipinski definition) is 5. The van der Waals surface area contributed by atoms with Crippen LogP contribution in [-0.2, 0) is 14.3 Å². The molecular weight excluding hydrogens is 341 g/mol. The van der Waals surface area contributed by atoms with Gasteiger partial charge in [-0.15, -0.1) is 0 Å². The Kier molecular flexibility index (Phi) is 6.21. The first-order valence-corrected chi connectivity index (χ1v) is 7.69. The van der Waals surface area contributed by atoms with Gasteiger partial charge < -0.3 is 15.2 Å². The smallest absolute Gasteiger partial charge is 0.338 e. The molecule has 0 unspecified atom stereocenters. The van der Waals surface area contributed by atoms with E-state index in [1.807, 2.05) is 0 Å². The highest BCUT2D eigenvalue weighted by atomic mass is 19.1. The minimum atomic E-state index is -0.985. The van der Waals surface area contributed by atoms with Crippen molar-refractivity contribution >= 4 is 29.1 Å². The number of nitrogens with one attached hydrogen (secondary N) is 1. The standard InChI is InChI=1S/C19H16FNO5/c1-2-26-19(25)13-5-9-15(10-6-13)21-18(24)17(23)11-16(22)12-3-7-14(20)8-4-12/h3-11,22H,2H2,1H3,(H,21,24). The zero-order chi connectivity index (χ0) is 19.1. The zero-order valence-electron chi connectivity index (χ0n) is 13.9. The van der Waals surface area contributed by atoms with Crippen molar-refractivity contribution in [3.63, 3.8) is 0 Å². The SMILES string of the molecule is CCOC(=O)c1ccc(NC(=O)C(=O)C=C(O)c2ccc(F)cc2)cc1. The molecule has 0 heterocycles. The summed E-state index contributed by atoms with van der Waals surface area (Å²) in [6.07, 6.45) is 0.746. The van der Waals surface area contributed by atoms with E-state index in [4.69, 9.17) is 4.74 Å². The summed E-state index contributed by atoms with van der Waals surface area (Å²) in [5.74, 6) is -3.39. The Morgan fingerprint density at radius 3 is 2.19 bits per heavy atom. The maximum absolute atomic E-state index is 12.8. The van der Waals surface area contributed by atoms with Crippen LogP contribution in [0.25, 0.3) is 5.76 Å². The molecule has 0 radical (unpaired) electrons. The summed E-state index contributed by atoms with van der Waals surface area (Å²) in [7, 11) is 0. The van der Waals surface area contributed by atoms with E-state index in [-0.39, 0.29) is 12.2 Å². The van der Waals surface area contributed by atoms with Gasteiger partial charge in [0, 0.05) is 17.3 Å². The molecule has 2 N–H and O–H groups in total. The lowest BCUT2D eigenvalue weighted by Gasteiger charge is -2.05. The molecule has 0 fully saturated rings. The number of rotatable bonds is 6. The Bertz CT molecular complexity index is 841. The van der Waals surface area contributed by atoms with Crippen molar-refractivity contribution in [2.45, 2.75) is 6.92 Å². The van der Waals surface area contributed by atoms with Gasteiger partial charge >= 0.3 is 5.97 Å². The van der Waals surface area contributed by atoms with Gasteiger partial charge in [0.1, 0.15) is 11.6 Å². The van der Waals surface area contributed by atoms with Gasteiger partial charge in [0.05, 0.1) is 12.2 Å². The second-order valence-electron chi connectivity index (χ2n) is 5.15. The van der Waals surface area contributed by atoms with Crippen LogP contribution in [0.4, 0.5) is 10.1 Å². The van der Waals surface area contributed by atoms with E-state index in [1.54, 1.807) is 6.92 Å². The molecule has 0 aromatic heterocycles. The number of amides is 1.